The molecule has 5 heteroatoms. The van der Waals surface area contributed by atoms with Crippen LogP contribution in [0.3, 0.4) is 0 Å². The maximum Gasteiger partial charge on any atom is 0.224 e. The highest BCUT2D eigenvalue weighted by molar-refractivity contribution is 7.07. The fourth-order valence-electron chi connectivity index (χ4n) is 2.01. The van der Waals surface area contributed by atoms with Gasteiger partial charge in [0.1, 0.15) is 0 Å². The fourth-order valence-corrected chi connectivity index (χ4v) is 2.88. The van der Waals surface area contributed by atoms with Gasteiger partial charge in [0.25, 0.3) is 0 Å². The van der Waals surface area contributed by atoms with Crippen molar-refractivity contribution in [1.82, 2.24) is 4.57 Å². The molecule has 0 saturated heterocycles. The highest BCUT2D eigenvalue weighted by Crippen LogP contribution is 2.21. The zero-order valence-corrected chi connectivity index (χ0v) is 12.8. The number of hydrogen-bond acceptors (Lipinski definition) is 3. The number of thiazole rings is 1. The first kappa shape index (κ1) is 14.5. The number of anilines is 1. The molecule has 0 saturated carbocycles. The molecule has 1 amide bonds. The normalized spacial score (nSPS) is 11.7. The summed E-state index contributed by atoms with van der Waals surface area (Å²) in [6.45, 7) is 2.00. The first-order chi connectivity index (χ1) is 9.65. The van der Waals surface area contributed by atoms with E-state index in [4.69, 9.17) is 0 Å². The van der Waals surface area contributed by atoms with Gasteiger partial charge in [-0.3, -0.25) is 9.79 Å². The maximum absolute atomic E-state index is 11.5. The van der Waals surface area contributed by atoms with E-state index in [1.165, 1.54) is 0 Å². The van der Waals surface area contributed by atoms with Gasteiger partial charge in [0.05, 0.1) is 5.69 Å². The molecule has 0 aliphatic heterocycles. The van der Waals surface area contributed by atoms with Crippen LogP contribution >= 0.6 is 11.3 Å². The van der Waals surface area contributed by atoms with E-state index in [1.807, 2.05) is 38.2 Å². The zero-order chi connectivity index (χ0) is 14.5. The van der Waals surface area contributed by atoms with Crippen LogP contribution in [-0.2, 0) is 11.8 Å². The van der Waals surface area contributed by atoms with Gasteiger partial charge >= 0.3 is 0 Å². The van der Waals surface area contributed by atoms with Crippen LogP contribution in [0.15, 0.2) is 34.6 Å². The molecule has 4 nitrogen and oxygen atoms in total. The van der Waals surface area contributed by atoms with Crippen LogP contribution < -0.4 is 10.1 Å². The Morgan fingerprint density at radius 2 is 2.05 bits per heavy atom. The van der Waals surface area contributed by atoms with Gasteiger partial charge in [0.2, 0.25) is 5.91 Å². The number of rotatable bonds is 4. The van der Waals surface area contributed by atoms with E-state index in [2.05, 4.69) is 20.3 Å². The monoisotopic (exact) mass is 289 g/mol. The molecule has 0 fully saturated rings. The minimum Gasteiger partial charge on any atom is -0.326 e. The second-order valence-corrected chi connectivity index (χ2v) is 5.40. The first-order valence-corrected chi connectivity index (χ1v) is 7.51. The third kappa shape index (κ3) is 3.17. The molecule has 0 spiro atoms. The SMILES string of the molecule is CCCC(=O)Nc1ccc(-c2csc(=NC)n2C)cc1. The van der Waals surface area contributed by atoms with Gasteiger partial charge in [-0.2, -0.15) is 0 Å². The van der Waals surface area contributed by atoms with E-state index in [-0.39, 0.29) is 5.91 Å². The van der Waals surface area contributed by atoms with E-state index < -0.39 is 0 Å². The van der Waals surface area contributed by atoms with E-state index in [9.17, 15) is 4.79 Å². The molecule has 2 rings (SSSR count). The number of hydrogen-bond donors (Lipinski definition) is 1. The average molecular weight is 289 g/mol. The maximum atomic E-state index is 11.5. The van der Waals surface area contributed by atoms with Crippen molar-refractivity contribution in [3.63, 3.8) is 0 Å². The number of carbonyl (C=O) groups excluding carboxylic acids is 1. The third-order valence-electron chi connectivity index (χ3n) is 3.06. The predicted octanol–water partition coefficient (Wildman–Crippen LogP) is 3.02. The van der Waals surface area contributed by atoms with Crippen LogP contribution in [-0.4, -0.2) is 17.5 Å². The van der Waals surface area contributed by atoms with Crippen molar-refractivity contribution in [3.8, 4) is 11.3 Å². The minimum absolute atomic E-state index is 0.0633. The van der Waals surface area contributed by atoms with Crippen molar-refractivity contribution in [2.24, 2.45) is 12.0 Å². The number of carbonyl (C=O) groups is 1. The van der Waals surface area contributed by atoms with Crippen LogP contribution in [0.25, 0.3) is 11.3 Å². The fraction of sp³-hybridized carbons (Fsp3) is 0.333. The topological polar surface area (TPSA) is 46.4 Å². The lowest BCUT2D eigenvalue weighted by Gasteiger charge is -2.06. The molecule has 20 heavy (non-hydrogen) atoms. The zero-order valence-electron chi connectivity index (χ0n) is 12.0. The van der Waals surface area contributed by atoms with Gasteiger partial charge in [0.15, 0.2) is 4.80 Å². The number of benzene rings is 1. The number of nitrogens with one attached hydrogen (secondary N) is 1. The molecule has 0 unspecified atom stereocenters. The van der Waals surface area contributed by atoms with Crippen molar-refractivity contribution in [2.45, 2.75) is 19.8 Å². The third-order valence-corrected chi connectivity index (χ3v) is 4.07. The molecule has 1 N–H and O–H groups in total. The smallest absolute Gasteiger partial charge is 0.224 e. The van der Waals surface area contributed by atoms with Gasteiger partial charge in [-0.1, -0.05) is 19.1 Å². The Labute approximate surface area is 122 Å². The first-order valence-electron chi connectivity index (χ1n) is 6.63. The summed E-state index contributed by atoms with van der Waals surface area (Å²) in [5.41, 5.74) is 3.08. The molecule has 1 heterocycles. The van der Waals surface area contributed by atoms with Gasteiger partial charge in [0, 0.05) is 31.6 Å². The predicted molar refractivity (Wildman–Crippen MR) is 83.8 cm³/mol. The highest BCUT2D eigenvalue weighted by Gasteiger charge is 2.05. The standard InChI is InChI=1S/C15H19N3OS/c1-4-5-14(19)17-12-8-6-11(7-9-12)13-10-20-15(16-2)18(13)3/h6-10H,4-5H2,1-3H3,(H,17,19). The Balaban J connectivity index is 2.19. The summed E-state index contributed by atoms with van der Waals surface area (Å²) < 4.78 is 2.06. The second kappa shape index (κ2) is 6.52. The molecule has 1 aromatic heterocycles. The summed E-state index contributed by atoms with van der Waals surface area (Å²) in [5.74, 6) is 0.0633. The number of amides is 1. The largest absolute Gasteiger partial charge is 0.326 e. The van der Waals surface area contributed by atoms with Crippen LogP contribution in [0.4, 0.5) is 5.69 Å². The molecular weight excluding hydrogens is 270 g/mol. The molecule has 0 aliphatic rings. The summed E-state index contributed by atoms with van der Waals surface area (Å²) >= 11 is 1.62. The van der Waals surface area contributed by atoms with Gasteiger partial charge in [-0.15, -0.1) is 11.3 Å². The molecule has 0 bridgehead atoms. The molecule has 106 valence electrons. The lowest BCUT2D eigenvalue weighted by Crippen LogP contribution is -2.11. The summed E-state index contributed by atoms with van der Waals surface area (Å²) in [5, 5.41) is 4.98. The number of nitrogens with zero attached hydrogens (tertiary/aromatic N) is 2. The van der Waals surface area contributed by atoms with E-state index >= 15 is 0 Å². The van der Waals surface area contributed by atoms with Crippen LogP contribution in [0.2, 0.25) is 0 Å². The molecule has 0 atom stereocenters. The van der Waals surface area contributed by atoms with Crippen molar-refractivity contribution in [3.05, 3.63) is 34.4 Å². The van der Waals surface area contributed by atoms with Gasteiger partial charge in [-0.25, -0.2) is 0 Å². The lowest BCUT2D eigenvalue weighted by atomic mass is 10.1. The molecule has 0 aliphatic carbocycles. The van der Waals surface area contributed by atoms with E-state index in [0.29, 0.717) is 6.42 Å². The number of aromatic nitrogens is 1. The summed E-state index contributed by atoms with van der Waals surface area (Å²) in [7, 11) is 3.80. The summed E-state index contributed by atoms with van der Waals surface area (Å²) in [4.78, 5) is 16.7. The summed E-state index contributed by atoms with van der Waals surface area (Å²) in [6, 6.07) is 7.90. The molecule has 2 aromatic rings. The van der Waals surface area contributed by atoms with Crippen molar-refractivity contribution in [2.75, 3.05) is 12.4 Å². The Hall–Kier alpha value is -1.88. The molecular formula is C15H19N3OS. The van der Waals surface area contributed by atoms with Crippen molar-refractivity contribution in [1.29, 1.82) is 0 Å². The quantitative estimate of drug-likeness (QED) is 0.924. The van der Waals surface area contributed by atoms with Crippen LogP contribution in [0.1, 0.15) is 19.8 Å². The van der Waals surface area contributed by atoms with E-state index in [0.717, 1.165) is 28.2 Å². The Kier molecular flexibility index (Phi) is 4.74. The van der Waals surface area contributed by atoms with Crippen LogP contribution in [0, 0.1) is 0 Å². The van der Waals surface area contributed by atoms with E-state index in [1.54, 1.807) is 18.4 Å². The Bertz CT molecular complexity index is 653. The van der Waals surface area contributed by atoms with Crippen LogP contribution in [0.5, 0.6) is 0 Å². The minimum atomic E-state index is 0.0633. The second-order valence-electron chi connectivity index (χ2n) is 4.56. The van der Waals surface area contributed by atoms with Gasteiger partial charge < -0.3 is 9.88 Å². The highest BCUT2D eigenvalue weighted by atomic mass is 32.1. The Morgan fingerprint density at radius 1 is 1.35 bits per heavy atom. The van der Waals surface area contributed by atoms with Gasteiger partial charge in [-0.05, 0) is 24.1 Å². The van der Waals surface area contributed by atoms with Crippen molar-refractivity contribution < 1.29 is 4.79 Å². The Morgan fingerprint density at radius 3 is 2.60 bits per heavy atom. The molecule has 0 radical (unpaired) electrons. The lowest BCUT2D eigenvalue weighted by molar-refractivity contribution is -0.116. The average Bonchev–Trinajstić information content (AvgIpc) is 2.81. The molecule has 1 aromatic carbocycles. The van der Waals surface area contributed by atoms with Crippen molar-refractivity contribution >= 4 is 22.9 Å². The summed E-state index contributed by atoms with van der Waals surface area (Å²) in [6.07, 6.45) is 1.42.